The monoisotopic (exact) mass is 301 g/mol. The van der Waals surface area contributed by atoms with Crippen molar-refractivity contribution in [2.75, 3.05) is 11.4 Å². The molecule has 0 spiro atoms. The summed E-state index contributed by atoms with van der Waals surface area (Å²) in [4.78, 5) is 24.7. The number of amides is 1. The number of non-ortho nitro benzene ring substituents is 1. The van der Waals surface area contributed by atoms with E-state index in [1.807, 2.05) is 30.3 Å². The van der Waals surface area contributed by atoms with Gasteiger partial charge in [-0.3, -0.25) is 14.9 Å². The van der Waals surface area contributed by atoms with Crippen LogP contribution in [0.15, 0.2) is 36.9 Å². The molecule has 0 N–H and O–H groups in total. The number of aromatic nitrogens is 2. The Morgan fingerprint density at radius 3 is 2.95 bits per heavy atom. The van der Waals surface area contributed by atoms with Gasteiger partial charge in [0.25, 0.3) is 11.6 Å². The molecular weight excluding hydrogens is 284 g/mol. The Hall–Kier alpha value is -2.70. The molecule has 0 saturated heterocycles. The lowest BCUT2D eigenvalue weighted by Crippen LogP contribution is -2.38. The Bertz CT molecular complexity index is 738. The number of nitrogens with zero attached hydrogens (tertiary/aromatic N) is 4. The summed E-state index contributed by atoms with van der Waals surface area (Å²) >= 11 is 0. The molecule has 0 saturated carbocycles. The summed E-state index contributed by atoms with van der Waals surface area (Å²) in [6.45, 7) is 0.823. The number of fused-ring (bicyclic) bond motifs is 1. The number of hydrogen-bond donors (Lipinski definition) is 0. The van der Waals surface area contributed by atoms with Crippen molar-refractivity contribution in [1.29, 1.82) is 0 Å². The Labute approximate surface area is 127 Å². The lowest BCUT2D eigenvalue weighted by Gasteiger charge is -2.28. The van der Waals surface area contributed by atoms with Crippen molar-refractivity contribution in [2.45, 2.75) is 19.4 Å². The van der Waals surface area contributed by atoms with Gasteiger partial charge in [0.1, 0.15) is 12.4 Å². The van der Waals surface area contributed by atoms with E-state index in [-0.39, 0.29) is 18.1 Å². The first-order valence-electron chi connectivity index (χ1n) is 7.13. The summed E-state index contributed by atoms with van der Waals surface area (Å²) in [7, 11) is 1.89. The number of imidazole rings is 1. The van der Waals surface area contributed by atoms with E-state index >= 15 is 0 Å². The first kappa shape index (κ1) is 14.2. The molecule has 0 unspecified atom stereocenters. The van der Waals surface area contributed by atoms with Gasteiger partial charge in [0.2, 0.25) is 6.33 Å². The molecule has 2 aromatic rings. The van der Waals surface area contributed by atoms with Crippen LogP contribution in [0.1, 0.15) is 12.0 Å². The highest BCUT2D eigenvalue weighted by Gasteiger charge is 2.25. The quantitative estimate of drug-likeness (QED) is 0.486. The third-order valence-electron chi connectivity index (χ3n) is 3.84. The summed E-state index contributed by atoms with van der Waals surface area (Å²) in [5.74, 6) is -0.0577. The summed E-state index contributed by atoms with van der Waals surface area (Å²) in [6, 6.07) is 4.75. The number of carbonyl (C=O) groups excluding carboxylic acids is 1. The van der Waals surface area contributed by atoms with Gasteiger partial charge in [-0.05, 0) is 18.4 Å². The smallest absolute Gasteiger partial charge is 0.271 e. The Morgan fingerprint density at radius 1 is 1.45 bits per heavy atom. The van der Waals surface area contributed by atoms with Crippen molar-refractivity contribution in [1.82, 2.24) is 4.57 Å². The molecule has 22 heavy (non-hydrogen) atoms. The molecule has 7 nitrogen and oxygen atoms in total. The molecule has 1 aromatic carbocycles. The molecule has 1 aliphatic rings. The normalized spacial score (nSPS) is 13.8. The van der Waals surface area contributed by atoms with E-state index < -0.39 is 4.92 Å². The van der Waals surface area contributed by atoms with Crippen molar-refractivity contribution in [3.05, 3.63) is 52.6 Å². The van der Waals surface area contributed by atoms with Gasteiger partial charge in [0.15, 0.2) is 6.54 Å². The topological polar surface area (TPSA) is 72.3 Å². The van der Waals surface area contributed by atoms with Crippen molar-refractivity contribution >= 4 is 17.3 Å². The lowest BCUT2D eigenvalue weighted by molar-refractivity contribution is -0.671. The Morgan fingerprint density at radius 2 is 2.27 bits per heavy atom. The second-order valence-corrected chi connectivity index (χ2v) is 5.47. The fraction of sp³-hybridized carbons (Fsp3) is 0.333. The molecule has 7 heteroatoms. The number of hydrogen-bond acceptors (Lipinski definition) is 3. The van der Waals surface area contributed by atoms with E-state index in [4.69, 9.17) is 0 Å². The van der Waals surface area contributed by atoms with E-state index in [1.54, 1.807) is 15.5 Å². The first-order chi connectivity index (χ1) is 10.5. The summed E-state index contributed by atoms with van der Waals surface area (Å²) in [5.41, 5.74) is 1.68. The van der Waals surface area contributed by atoms with Gasteiger partial charge in [-0.2, -0.15) is 0 Å². The number of anilines is 1. The molecule has 0 fully saturated rings. The van der Waals surface area contributed by atoms with Crippen LogP contribution in [0.25, 0.3) is 0 Å². The third-order valence-corrected chi connectivity index (χ3v) is 3.84. The zero-order chi connectivity index (χ0) is 15.7. The average molecular weight is 301 g/mol. The van der Waals surface area contributed by atoms with Crippen LogP contribution in [0.2, 0.25) is 0 Å². The number of rotatable bonds is 3. The predicted octanol–water partition coefficient (Wildman–Crippen LogP) is 1.20. The average Bonchev–Trinajstić information content (AvgIpc) is 2.91. The number of nitro groups is 1. The van der Waals surface area contributed by atoms with Crippen LogP contribution in [0, 0.1) is 10.1 Å². The van der Waals surface area contributed by atoms with Crippen molar-refractivity contribution in [2.24, 2.45) is 7.05 Å². The minimum Gasteiger partial charge on any atom is -0.308 e. The molecule has 1 aliphatic heterocycles. The Kier molecular flexibility index (Phi) is 3.62. The van der Waals surface area contributed by atoms with E-state index in [9.17, 15) is 14.9 Å². The highest BCUT2D eigenvalue weighted by atomic mass is 16.6. The van der Waals surface area contributed by atoms with Gasteiger partial charge < -0.3 is 4.90 Å². The van der Waals surface area contributed by atoms with Crippen LogP contribution in [0.5, 0.6) is 0 Å². The SMILES string of the molecule is C[n+]1ccn(CC(=O)N2CCCc3ccc([N+](=O)[O-])cc32)c1. The number of carbonyl (C=O) groups is 1. The number of nitro benzene ring substituents is 1. The second-order valence-electron chi connectivity index (χ2n) is 5.47. The van der Waals surface area contributed by atoms with Crippen molar-refractivity contribution < 1.29 is 14.3 Å². The second kappa shape index (κ2) is 5.59. The third kappa shape index (κ3) is 2.69. The number of benzene rings is 1. The fourth-order valence-corrected chi connectivity index (χ4v) is 2.77. The fourth-order valence-electron chi connectivity index (χ4n) is 2.77. The molecule has 3 rings (SSSR count). The van der Waals surface area contributed by atoms with Crippen molar-refractivity contribution in [3.63, 3.8) is 0 Å². The van der Waals surface area contributed by atoms with Crippen LogP contribution in [-0.4, -0.2) is 21.9 Å². The van der Waals surface area contributed by atoms with Gasteiger partial charge in [-0.25, -0.2) is 9.13 Å². The van der Waals surface area contributed by atoms with Gasteiger partial charge in [0, 0.05) is 18.7 Å². The van der Waals surface area contributed by atoms with Gasteiger partial charge >= 0.3 is 0 Å². The first-order valence-corrected chi connectivity index (χ1v) is 7.13. The zero-order valence-corrected chi connectivity index (χ0v) is 12.3. The molecule has 1 aromatic heterocycles. The van der Waals surface area contributed by atoms with Crippen LogP contribution in [-0.2, 0) is 24.8 Å². The molecule has 0 atom stereocenters. The summed E-state index contributed by atoms with van der Waals surface area (Å²) in [5, 5.41) is 11.0. The standard InChI is InChI=1S/C15H17N4O3/c1-16-7-8-17(11-16)10-15(20)18-6-2-3-12-4-5-13(19(21)22)9-14(12)18/h4-5,7-9,11H,2-3,6,10H2,1H3/q+1. The van der Waals surface area contributed by atoms with Gasteiger partial charge in [-0.15, -0.1) is 0 Å². The zero-order valence-electron chi connectivity index (χ0n) is 12.3. The molecule has 2 heterocycles. The number of aryl methyl sites for hydroxylation is 2. The summed E-state index contributed by atoms with van der Waals surface area (Å²) < 4.78 is 3.66. The predicted molar refractivity (Wildman–Crippen MR) is 79.4 cm³/mol. The lowest BCUT2D eigenvalue weighted by atomic mass is 10.0. The van der Waals surface area contributed by atoms with Crippen LogP contribution >= 0.6 is 0 Å². The minimum atomic E-state index is -0.427. The summed E-state index contributed by atoms with van der Waals surface area (Å²) in [6.07, 6.45) is 7.24. The maximum absolute atomic E-state index is 12.5. The molecule has 0 aliphatic carbocycles. The molecule has 1 amide bonds. The van der Waals surface area contributed by atoms with Gasteiger partial charge in [0.05, 0.1) is 17.7 Å². The van der Waals surface area contributed by atoms with E-state index in [2.05, 4.69) is 0 Å². The highest BCUT2D eigenvalue weighted by Crippen LogP contribution is 2.31. The minimum absolute atomic E-state index is 0.0193. The maximum atomic E-state index is 12.5. The highest BCUT2D eigenvalue weighted by molar-refractivity contribution is 5.94. The van der Waals surface area contributed by atoms with E-state index in [0.717, 1.165) is 18.4 Å². The van der Waals surface area contributed by atoms with E-state index in [1.165, 1.54) is 12.1 Å². The molecule has 0 radical (unpaired) electrons. The van der Waals surface area contributed by atoms with E-state index in [0.29, 0.717) is 12.2 Å². The van der Waals surface area contributed by atoms with Crippen LogP contribution < -0.4 is 9.47 Å². The molecule has 0 bridgehead atoms. The van der Waals surface area contributed by atoms with Crippen molar-refractivity contribution in [3.8, 4) is 0 Å². The molecule has 114 valence electrons. The van der Waals surface area contributed by atoms with Crippen LogP contribution in [0.4, 0.5) is 11.4 Å². The maximum Gasteiger partial charge on any atom is 0.271 e. The van der Waals surface area contributed by atoms with Crippen LogP contribution in [0.3, 0.4) is 0 Å². The van der Waals surface area contributed by atoms with Gasteiger partial charge in [-0.1, -0.05) is 6.07 Å². The molecular formula is C15H17N4O3+. The Balaban J connectivity index is 1.88. The largest absolute Gasteiger partial charge is 0.308 e.